The zero-order valence-electron chi connectivity index (χ0n) is 12.0. The van der Waals surface area contributed by atoms with E-state index in [-0.39, 0.29) is 12.4 Å². The fraction of sp³-hybridized carbons (Fsp3) is 0.333. The van der Waals surface area contributed by atoms with Gasteiger partial charge in [-0.2, -0.15) is 0 Å². The number of ether oxygens (including phenoxy) is 2. The molecule has 1 N–H and O–H groups in total. The van der Waals surface area contributed by atoms with Gasteiger partial charge in [0.05, 0.1) is 0 Å². The van der Waals surface area contributed by atoms with Crippen LogP contribution in [0.3, 0.4) is 0 Å². The molecular formula is C15H18ClN3O2S. The second-order valence-electron chi connectivity index (χ2n) is 4.60. The third kappa shape index (κ3) is 4.76. The van der Waals surface area contributed by atoms with Gasteiger partial charge < -0.3 is 14.8 Å². The van der Waals surface area contributed by atoms with Crippen molar-refractivity contribution >= 4 is 24.2 Å². The molecule has 1 aromatic heterocycles. The summed E-state index contributed by atoms with van der Waals surface area (Å²) < 4.78 is 10.7. The molecule has 0 bridgehead atoms. The lowest BCUT2D eigenvalue weighted by Gasteiger charge is -2.05. The van der Waals surface area contributed by atoms with Crippen LogP contribution in [0.1, 0.15) is 12.0 Å². The van der Waals surface area contributed by atoms with Crippen LogP contribution >= 0.6 is 24.2 Å². The van der Waals surface area contributed by atoms with Crippen LogP contribution in [-0.4, -0.2) is 29.1 Å². The van der Waals surface area contributed by atoms with Gasteiger partial charge in [-0.05, 0) is 36.7 Å². The first-order chi connectivity index (χ1) is 10.4. The Balaban J connectivity index is 0.00000176. The number of thioether (sulfide) groups is 1. The molecule has 1 aliphatic rings. The first kappa shape index (κ1) is 16.9. The molecule has 0 atom stereocenters. The van der Waals surface area contributed by atoms with Crippen LogP contribution < -0.4 is 14.8 Å². The van der Waals surface area contributed by atoms with Crippen molar-refractivity contribution in [1.29, 1.82) is 0 Å². The van der Waals surface area contributed by atoms with E-state index in [1.165, 1.54) is 5.56 Å². The molecule has 0 unspecified atom stereocenters. The molecule has 2 heterocycles. The Morgan fingerprint density at radius 3 is 2.82 bits per heavy atom. The standard InChI is InChI=1S/C15H17N3O2S.ClH/c1-6-17-15(18-7-1)21-8-2-5-16-10-12-3-4-13-14(9-12)20-11-19-13;/h1,3-4,6-7,9,16H,2,5,8,10-11H2;1H. The topological polar surface area (TPSA) is 56.3 Å². The maximum absolute atomic E-state index is 5.37. The Bertz CT molecular complexity index is 586. The molecule has 22 heavy (non-hydrogen) atoms. The van der Waals surface area contributed by atoms with Gasteiger partial charge in [-0.3, -0.25) is 0 Å². The lowest BCUT2D eigenvalue weighted by Crippen LogP contribution is -2.15. The van der Waals surface area contributed by atoms with Crippen LogP contribution in [0.4, 0.5) is 0 Å². The minimum Gasteiger partial charge on any atom is -0.454 e. The molecule has 0 radical (unpaired) electrons. The number of hydrogen-bond donors (Lipinski definition) is 1. The van der Waals surface area contributed by atoms with E-state index in [2.05, 4.69) is 21.4 Å². The van der Waals surface area contributed by atoms with Gasteiger partial charge in [0.15, 0.2) is 16.7 Å². The minimum absolute atomic E-state index is 0. The molecule has 0 fully saturated rings. The van der Waals surface area contributed by atoms with E-state index >= 15 is 0 Å². The Morgan fingerprint density at radius 1 is 1.14 bits per heavy atom. The normalized spacial score (nSPS) is 12.0. The summed E-state index contributed by atoms with van der Waals surface area (Å²) in [5.41, 5.74) is 1.21. The zero-order valence-corrected chi connectivity index (χ0v) is 13.7. The third-order valence-electron chi connectivity index (χ3n) is 3.04. The number of aromatic nitrogens is 2. The van der Waals surface area contributed by atoms with Crippen LogP contribution in [0.5, 0.6) is 11.5 Å². The average molecular weight is 340 g/mol. The van der Waals surface area contributed by atoms with Crippen LogP contribution in [0.25, 0.3) is 0 Å². The first-order valence-electron chi connectivity index (χ1n) is 6.91. The van der Waals surface area contributed by atoms with Crippen molar-refractivity contribution in [2.45, 2.75) is 18.1 Å². The summed E-state index contributed by atoms with van der Waals surface area (Å²) in [5.74, 6) is 2.68. The molecule has 0 aliphatic carbocycles. The van der Waals surface area contributed by atoms with Gasteiger partial charge in [0, 0.05) is 24.7 Å². The van der Waals surface area contributed by atoms with Crippen LogP contribution in [0, 0.1) is 0 Å². The summed E-state index contributed by atoms with van der Waals surface area (Å²) in [7, 11) is 0. The maximum atomic E-state index is 5.37. The van der Waals surface area contributed by atoms with E-state index in [4.69, 9.17) is 9.47 Å². The summed E-state index contributed by atoms with van der Waals surface area (Å²) in [6.45, 7) is 2.13. The van der Waals surface area contributed by atoms with E-state index in [1.54, 1.807) is 24.2 Å². The highest BCUT2D eigenvalue weighted by atomic mass is 35.5. The van der Waals surface area contributed by atoms with Gasteiger partial charge in [0.25, 0.3) is 0 Å². The summed E-state index contributed by atoms with van der Waals surface area (Å²) in [5, 5.41) is 4.27. The molecule has 0 saturated heterocycles. The van der Waals surface area contributed by atoms with Crippen molar-refractivity contribution in [3.8, 4) is 11.5 Å². The number of halogens is 1. The predicted molar refractivity (Wildman–Crippen MR) is 88.9 cm³/mol. The number of rotatable bonds is 7. The molecular weight excluding hydrogens is 322 g/mol. The van der Waals surface area contributed by atoms with Gasteiger partial charge in [-0.15, -0.1) is 12.4 Å². The first-order valence-corrected chi connectivity index (χ1v) is 7.89. The second kappa shape index (κ2) is 8.82. The molecule has 118 valence electrons. The number of hydrogen-bond acceptors (Lipinski definition) is 6. The van der Waals surface area contributed by atoms with Gasteiger partial charge in [0.2, 0.25) is 6.79 Å². The largest absolute Gasteiger partial charge is 0.454 e. The summed E-state index contributed by atoms with van der Waals surface area (Å²) in [6.07, 6.45) is 4.62. The highest BCUT2D eigenvalue weighted by Gasteiger charge is 2.12. The quantitative estimate of drug-likeness (QED) is 0.475. The van der Waals surface area contributed by atoms with Crippen LogP contribution in [-0.2, 0) is 6.54 Å². The lowest BCUT2D eigenvalue weighted by molar-refractivity contribution is 0.174. The predicted octanol–water partition coefficient (Wildman–Crippen LogP) is 2.90. The Morgan fingerprint density at radius 2 is 1.95 bits per heavy atom. The Labute approximate surface area is 140 Å². The Kier molecular flexibility index (Phi) is 6.76. The zero-order chi connectivity index (χ0) is 14.3. The fourth-order valence-electron chi connectivity index (χ4n) is 2.00. The van der Waals surface area contributed by atoms with Crippen molar-refractivity contribution in [3.63, 3.8) is 0 Å². The second-order valence-corrected chi connectivity index (χ2v) is 5.66. The maximum Gasteiger partial charge on any atom is 0.231 e. The summed E-state index contributed by atoms with van der Waals surface area (Å²) >= 11 is 1.68. The van der Waals surface area contributed by atoms with Crippen LogP contribution in [0.15, 0.2) is 41.8 Å². The number of benzene rings is 1. The molecule has 2 aromatic rings. The summed E-state index contributed by atoms with van der Waals surface area (Å²) in [4.78, 5) is 8.37. The SMILES string of the molecule is Cl.c1cnc(SCCCNCc2ccc3c(c2)OCO3)nc1. The lowest BCUT2D eigenvalue weighted by atomic mass is 10.2. The highest BCUT2D eigenvalue weighted by Crippen LogP contribution is 2.32. The molecule has 3 rings (SSSR count). The van der Waals surface area contributed by atoms with Gasteiger partial charge >= 0.3 is 0 Å². The molecule has 7 heteroatoms. The molecule has 1 aliphatic heterocycles. The van der Waals surface area contributed by atoms with E-state index in [0.29, 0.717) is 6.79 Å². The molecule has 0 amide bonds. The number of nitrogens with zero attached hydrogens (tertiary/aromatic N) is 2. The molecule has 5 nitrogen and oxygen atoms in total. The van der Waals surface area contributed by atoms with Crippen molar-refractivity contribution in [2.75, 3.05) is 19.1 Å². The average Bonchev–Trinajstić information content (AvgIpc) is 2.99. The molecule has 0 spiro atoms. The smallest absolute Gasteiger partial charge is 0.231 e. The van der Waals surface area contributed by atoms with E-state index in [1.807, 2.05) is 18.2 Å². The fourth-order valence-corrected chi connectivity index (χ4v) is 2.75. The Hall–Kier alpha value is -1.50. The van der Waals surface area contributed by atoms with E-state index in [0.717, 1.165) is 41.9 Å². The van der Waals surface area contributed by atoms with Crippen molar-refractivity contribution in [2.24, 2.45) is 0 Å². The number of fused-ring (bicyclic) bond motifs is 1. The van der Waals surface area contributed by atoms with Crippen LogP contribution in [0.2, 0.25) is 0 Å². The van der Waals surface area contributed by atoms with Crippen molar-refractivity contribution < 1.29 is 9.47 Å². The van der Waals surface area contributed by atoms with Crippen molar-refractivity contribution in [1.82, 2.24) is 15.3 Å². The number of nitrogens with one attached hydrogen (secondary N) is 1. The summed E-state index contributed by atoms with van der Waals surface area (Å²) in [6, 6.07) is 7.88. The van der Waals surface area contributed by atoms with Gasteiger partial charge in [-0.25, -0.2) is 9.97 Å². The van der Waals surface area contributed by atoms with Crippen molar-refractivity contribution in [3.05, 3.63) is 42.2 Å². The van der Waals surface area contributed by atoms with E-state index < -0.39 is 0 Å². The minimum atomic E-state index is 0. The highest BCUT2D eigenvalue weighted by molar-refractivity contribution is 7.99. The third-order valence-corrected chi connectivity index (χ3v) is 4.00. The monoisotopic (exact) mass is 339 g/mol. The molecule has 1 aromatic carbocycles. The van der Waals surface area contributed by atoms with Gasteiger partial charge in [0.1, 0.15) is 0 Å². The molecule has 0 saturated carbocycles. The van der Waals surface area contributed by atoms with Gasteiger partial charge in [-0.1, -0.05) is 17.8 Å². The van der Waals surface area contributed by atoms with E-state index in [9.17, 15) is 0 Å².